The van der Waals surface area contributed by atoms with E-state index >= 15 is 0 Å². The van der Waals surface area contributed by atoms with Crippen molar-refractivity contribution in [3.05, 3.63) is 69.7 Å². The smallest absolute Gasteiger partial charge is 0.417 e. The molecule has 0 radical (unpaired) electrons. The molecule has 2 aromatic carbocycles. The van der Waals surface area contributed by atoms with Crippen molar-refractivity contribution < 1.29 is 19.1 Å². The summed E-state index contributed by atoms with van der Waals surface area (Å²) in [7, 11) is 0. The third kappa shape index (κ3) is 5.03. The first-order valence-corrected chi connectivity index (χ1v) is 9.45. The quantitative estimate of drug-likeness (QED) is 0.739. The van der Waals surface area contributed by atoms with Crippen LogP contribution in [0.5, 0.6) is 0 Å². The fraction of sp³-hybridized carbons (Fsp3) is 0.250. The molecule has 1 aliphatic rings. The molecule has 6 nitrogen and oxygen atoms in total. The average molecular weight is 421 g/mol. The van der Waals surface area contributed by atoms with Gasteiger partial charge >= 0.3 is 6.09 Å². The Balaban J connectivity index is 1.66. The summed E-state index contributed by atoms with van der Waals surface area (Å²) in [6, 6.07) is 13.9. The molecule has 3 amide bonds. The van der Waals surface area contributed by atoms with Gasteiger partial charge in [-0.05, 0) is 29.7 Å². The molecule has 1 fully saturated rings. The summed E-state index contributed by atoms with van der Waals surface area (Å²) in [5.41, 5.74) is 1.68. The van der Waals surface area contributed by atoms with Gasteiger partial charge in [0.15, 0.2) is 6.61 Å². The summed E-state index contributed by atoms with van der Waals surface area (Å²) in [5, 5.41) is 3.80. The summed E-state index contributed by atoms with van der Waals surface area (Å²) in [6.45, 7) is -0.258. The monoisotopic (exact) mass is 420 g/mol. The molecule has 8 heteroatoms. The van der Waals surface area contributed by atoms with Gasteiger partial charge in [0, 0.05) is 6.42 Å². The Morgan fingerprint density at radius 2 is 1.86 bits per heavy atom. The average Bonchev–Trinajstić information content (AvgIpc) is 3.01. The lowest BCUT2D eigenvalue weighted by atomic mass is 10.1. The molecule has 0 saturated carbocycles. The summed E-state index contributed by atoms with van der Waals surface area (Å²) in [6.07, 6.45) is 0.00482. The highest BCUT2D eigenvalue weighted by molar-refractivity contribution is 6.42. The Hall–Kier alpha value is -2.57. The summed E-state index contributed by atoms with van der Waals surface area (Å²) in [4.78, 5) is 37.1. The minimum atomic E-state index is -0.698. The molecule has 1 heterocycles. The second-order valence-electron chi connectivity index (χ2n) is 6.34. The second-order valence-corrected chi connectivity index (χ2v) is 7.15. The first kappa shape index (κ1) is 20.2. The topological polar surface area (TPSA) is 75.7 Å². The number of ether oxygens (including phenoxy) is 1. The van der Waals surface area contributed by atoms with Gasteiger partial charge in [-0.1, -0.05) is 59.6 Å². The van der Waals surface area contributed by atoms with Crippen LogP contribution in [0.15, 0.2) is 48.5 Å². The molecule has 1 saturated heterocycles. The number of aryl methyl sites for hydroxylation is 1. The first-order valence-electron chi connectivity index (χ1n) is 8.69. The molecule has 0 spiro atoms. The van der Waals surface area contributed by atoms with Gasteiger partial charge in [0.05, 0.1) is 22.6 Å². The molecule has 1 N–H and O–H groups in total. The Labute approximate surface area is 172 Å². The zero-order valence-electron chi connectivity index (χ0n) is 14.9. The Kier molecular flexibility index (Phi) is 6.54. The summed E-state index contributed by atoms with van der Waals surface area (Å²) < 4.78 is 4.75. The number of nitrogens with zero attached hydrogens (tertiary/aromatic N) is 1. The van der Waals surface area contributed by atoms with E-state index < -0.39 is 18.0 Å². The lowest BCUT2D eigenvalue weighted by molar-refractivity contribution is -0.127. The number of carbonyl (C=O) groups is 3. The molecule has 28 heavy (non-hydrogen) atoms. The van der Waals surface area contributed by atoms with Crippen LogP contribution in [0.4, 0.5) is 4.79 Å². The van der Waals surface area contributed by atoms with Gasteiger partial charge in [0.2, 0.25) is 5.91 Å². The molecule has 0 aromatic heterocycles. The van der Waals surface area contributed by atoms with Crippen molar-refractivity contribution in [3.63, 3.8) is 0 Å². The van der Waals surface area contributed by atoms with Crippen LogP contribution in [-0.2, 0) is 20.7 Å². The second kappa shape index (κ2) is 9.08. The van der Waals surface area contributed by atoms with E-state index in [1.54, 1.807) is 12.1 Å². The van der Waals surface area contributed by atoms with Crippen LogP contribution >= 0.6 is 23.2 Å². The SMILES string of the molecule is O=C(CCc1ccc(Cl)c(Cl)c1)NC(CN1C(=O)COC1=O)c1ccccc1. The van der Waals surface area contributed by atoms with E-state index in [1.807, 2.05) is 36.4 Å². The molecule has 0 bridgehead atoms. The first-order chi connectivity index (χ1) is 13.4. The highest BCUT2D eigenvalue weighted by atomic mass is 35.5. The van der Waals surface area contributed by atoms with Gasteiger partial charge in [-0.2, -0.15) is 0 Å². The zero-order valence-corrected chi connectivity index (χ0v) is 16.4. The lowest BCUT2D eigenvalue weighted by Gasteiger charge is -2.23. The number of hydrogen-bond acceptors (Lipinski definition) is 4. The number of cyclic esters (lactones) is 1. The van der Waals surface area contributed by atoms with Crippen LogP contribution in [0.25, 0.3) is 0 Å². The molecule has 2 aromatic rings. The van der Waals surface area contributed by atoms with Gasteiger partial charge in [0.25, 0.3) is 5.91 Å². The van der Waals surface area contributed by atoms with E-state index in [1.165, 1.54) is 0 Å². The number of halogens is 2. The molecule has 0 aliphatic carbocycles. The number of benzene rings is 2. The fourth-order valence-corrected chi connectivity index (χ4v) is 3.20. The van der Waals surface area contributed by atoms with Crippen molar-refractivity contribution in [3.8, 4) is 0 Å². The molecular formula is C20H18Cl2N2O4. The van der Waals surface area contributed by atoms with E-state index in [0.717, 1.165) is 16.0 Å². The number of amides is 3. The van der Waals surface area contributed by atoms with E-state index in [2.05, 4.69) is 5.32 Å². The summed E-state index contributed by atoms with van der Waals surface area (Å²) in [5.74, 6) is -0.629. The van der Waals surface area contributed by atoms with Crippen molar-refractivity contribution >= 4 is 41.1 Å². The highest BCUT2D eigenvalue weighted by Gasteiger charge is 2.33. The summed E-state index contributed by atoms with van der Waals surface area (Å²) >= 11 is 11.9. The van der Waals surface area contributed by atoms with Gasteiger partial charge in [0.1, 0.15) is 0 Å². The van der Waals surface area contributed by atoms with Crippen LogP contribution in [0, 0.1) is 0 Å². The third-order valence-electron chi connectivity index (χ3n) is 4.37. The van der Waals surface area contributed by atoms with Crippen molar-refractivity contribution in [1.82, 2.24) is 10.2 Å². The zero-order chi connectivity index (χ0) is 20.1. The molecule has 146 valence electrons. The minimum absolute atomic E-state index is 0.0141. The largest absolute Gasteiger partial charge is 0.439 e. The number of rotatable bonds is 7. The van der Waals surface area contributed by atoms with E-state index in [4.69, 9.17) is 27.9 Å². The molecule has 3 rings (SSSR count). The van der Waals surface area contributed by atoms with E-state index in [-0.39, 0.29) is 25.5 Å². The predicted octanol–water partition coefficient (Wildman–Crippen LogP) is 3.76. The maximum absolute atomic E-state index is 12.5. The van der Waals surface area contributed by atoms with Gasteiger partial charge in [-0.15, -0.1) is 0 Å². The Bertz CT molecular complexity index is 873. The standard InChI is InChI=1S/C20H18Cl2N2O4/c21-15-8-6-13(10-16(15)22)7-9-18(25)23-17(14-4-2-1-3-5-14)11-24-19(26)12-28-20(24)27/h1-6,8,10,17H,7,9,11-12H2,(H,23,25). The maximum atomic E-state index is 12.5. The van der Waals surface area contributed by atoms with Crippen LogP contribution in [0.2, 0.25) is 10.0 Å². The lowest BCUT2D eigenvalue weighted by Crippen LogP contribution is -2.40. The number of carbonyl (C=O) groups excluding carboxylic acids is 3. The van der Waals surface area contributed by atoms with Gasteiger partial charge in [-0.3, -0.25) is 9.59 Å². The van der Waals surface area contributed by atoms with E-state index in [9.17, 15) is 14.4 Å². The molecule has 1 unspecified atom stereocenters. The van der Waals surface area contributed by atoms with Crippen LogP contribution in [0.1, 0.15) is 23.6 Å². The fourth-order valence-electron chi connectivity index (χ4n) is 2.88. The number of hydrogen-bond donors (Lipinski definition) is 1. The molecular weight excluding hydrogens is 403 g/mol. The highest BCUT2D eigenvalue weighted by Crippen LogP contribution is 2.23. The van der Waals surface area contributed by atoms with Crippen molar-refractivity contribution in [2.75, 3.05) is 13.2 Å². The number of nitrogens with one attached hydrogen (secondary N) is 1. The van der Waals surface area contributed by atoms with Crippen molar-refractivity contribution in [2.24, 2.45) is 0 Å². The van der Waals surface area contributed by atoms with E-state index in [0.29, 0.717) is 16.5 Å². The van der Waals surface area contributed by atoms with Crippen molar-refractivity contribution in [1.29, 1.82) is 0 Å². The maximum Gasteiger partial charge on any atom is 0.417 e. The normalized spacial score (nSPS) is 14.7. The van der Waals surface area contributed by atoms with Crippen LogP contribution < -0.4 is 5.32 Å². The third-order valence-corrected chi connectivity index (χ3v) is 5.11. The molecule has 1 aliphatic heterocycles. The van der Waals surface area contributed by atoms with Crippen LogP contribution in [-0.4, -0.2) is 36.0 Å². The van der Waals surface area contributed by atoms with Crippen molar-refractivity contribution in [2.45, 2.75) is 18.9 Å². The Morgan fingerprint density at radius 1 is 1.11 bits per heavy atom. The van der Waals surface area contributed by atoms with Crippen LogP contribution in [0.3, 0.4) is 0 Å². The molecule has 1 atom stereocenters. The minimum Gasteiger partial charge on any atom is -0.439 e. The number of imide groups is 1. The van der Waals surface area contributed by atoms with Gasteiger partial charge < -0.3 is 10.1 Å². The predicted molar refractivity (Wildman–Crippen MR) is 105 cm³/mol. The Morgan fingerprint density at radius 3 is 2.50 bits per heavy atom. The van der Waals surface area contributed by atoms with Gasteiger partial charge in [-0.25, -0.2) is 9.69 Å².